The van der Waals surface area contributed by atoms with Crippen LogP contribution < -0.4 is 5.73 Å². The van der Waals surface area contributed by atoms with Gasteiger partial charge in [-0.25, -0.2) is 0 Å². The maximum atomic E-state index is 6.17. The number of hydrogen-bond acceptors (Lipinski definition) is 3. The molecule has 0 aromatic carbocycles. The van der Waals surface area contributed by atoms with Gasteiger partial charge in [-0.15, -0.1) is 22.7 Å². The molecule has 0 radical (unpaired) electrons. The van der Waals surface area contributed by atoms with E-state index in [-0.39, 0.29) is 6.04 Å². The standard InChI is InChI=1S/C10H10BrNS2/c1-6-2-3-13-10(6)9(12)8-4-7(11)5-14-8/h2-5,9H,12H2,1H3. The summed E-state index contributed by atoms with van der Waals surface area (Å²) in [4.78, 5) is 2.47. The molecule has 2 aromatic rings. The van der Waals surface area contributed by atoms with Crippen LogP contribution in [0.2, 0.25) is 0 Å². The summed E-state index contributed by atoms with van der Waals surface area (Å²) in [5, 5.41) is 4.16. The van der Waals surface area contributed by atoms with Crippen LogP contribution in [-0.4, -0.2) is 0 Å². The quantitative estimate of drug-likeness (QED) is 0.890. The largest absolute Gasteiger partial charge is 0.319 e. The molecule has 0 aliphatic heterocycles. The molecular weight excluding hydrogens is 278 g/mol. The highest BCUT2D eigenvalue weighted by atomic mass is 79.9. The van der Waals surface area contributed by atoms with E-state index in [1.54, 1.807) is 22.7 Å². The summed E-state index contributed by atoms with van der Waals surface area (Å²) in [6.45, 7) is 2.11. The lowest BCUT2D eigenvalue weighted by Gasteiger charge is -2.07. The minimum Gasteiger partial charge on any atom is -0.319 e. The van der Waals surface area contributed by atoms with Crippen molar-refractivity contribution < 1.29 is 0 Å². The van der Waals surface area contributed by atoms with E-state index in [1.165, 1.54) is 15.3 Å². The van der Waals surface area contributed by atoms with Crippen LogP contribution in [0.1, 0.15) is 21.4 Å². The van der Waals surface area contributed by atoms with Gasteiger partial charge in [0, 0.05) is 19.6 Å². The number of rotatable bonds is 2. The van der Waals surface area contributed by atoms with Crippen molar-refractivity contribution in [2.75, 3.05) is 0 Å². The minimum atomic E-state index is 0.0336. The first-order valence-corrected chi connectivity index (χ1v) is 6.77. The number of thiophene rings is 2. The molecule has 0 bridgehead atoms. The van der Waals surface area contributed by atoms with Gasteiger partial charge in [0.25, 0.3) is 0 Å². The van der Waals surface area contributed by atoms with Crippen LogP contribution in [0, 0.1) is 6.92 Å². The first kappa shape index (κ1) is 10.4. The SMILES string of the molecule is Cc1ccsc1C(N)c1cc(Br)cs1. The molecule has 0 fully saturated rings. The molecule has 0 spiro atoms. The van der Waals surface area contributed by atoms with Crippen molar-refractivity contribution in [2.24, 2.45) is 5.73 Å². The summed E-state index contributed by atoms with van der Waals surface area (Å²) < 4.78 is 1.11. The van der Waals surface area contributed by atoms with E-state index in [4.69, 9.17) is 5.73 Å². The topological polar surface area (TPSA) is 26.0 Å². The fraction of sp³-hybridized carbons (Fsp3) is 0.200. The van der Waals surface area contributed by atoms with Crippen LogP contribution in [0.4, 0.5) is 0 Å². The van der Waals surface area contributed by atoms with Gasteiger partial charge in [0.15, 0.2) is 0 Å². The van der Waals surface area contributed by atoms with Gasteiger partial charge in [-0.1, -0.05) is 0 Å². The molecule has 2 rings (SSSR count). The third kappa shape index (κ3) is 1.93. The molecule has 2 aromatic heterocycles. The smallest absolute Gasteiger partial charge is 0.0743 e. The summed E-state index contributed by atoms with van der Waals surface area (Å²) >= 11 is 6.87. The second kappa shape index (κ2) is 4.14. The lowest BCUT2D eigenvalue weighted by molar-refractivity contribution is 0.907. The minimum absolute atomic E-state index is 0.0336. The van der Waals surface area contributed by atoms with Gasteiger partial charge in [-0.05, 0) is 45.9 Å². The maximum Gasteiger partial charge on any atom is 0.0743 e. The summed E-state index contributed by atoms with van der Waals surface area (Å²) in [7, 11) is 0. The normalized spacial score (nSPS) is 13.1. The lowest BCUT2D eigenvalue weighted by Crippen LogP contribution is -2.09. The number of hydrogen-bond donors (Lipinski definition) is 1. The molecule has 2 N–H and O–H groups in total. The number of halogens is 1. The van der Waals surface area contributed by atoms with Crippen LogP contribution in [0.25, 0.3) is 0 Å². The monoisotopic (exact) mass is 287 g/mol. The predicted molar refractivity (Wildman–Crippen MR) is 67.1 cm³/mol. The van der Waals surface area contributed by atoms with E-state index in [2.05, 4.69) is 45.7 Å². The fourth-order valence-electron chi connectivity index (χ4n) is 1.32. The molecule has 1 atom stereocenters. The molecule has 74 valence electrons. The molecule has 0 aliphatic rings. The summed E-state index contributed by atoms with van der Waals surface area (Å²) in [5.41, 5.74) is 7.46. The molecule has 0 aliphatic carbocycles. The first-order valence-electron chi connectivity index (χ1n) is 4.22. The first-order chi connectivity index (χ1) is 6.68. The molecular formula is C10H10BrNS2. The lowest BCUT2D eigenvalue weighted by atomic mass is 10.1. The highest BCUT2D eigenvalue weighted by Gasteiger charge is 2.14. The maximum absolute atomic E-state index is 6.17. The van der Waals surface area contributed by atoms with Gasteiger partial charge in [0.1, 0.15) is 0 Å². The number of nitrogens with two attached hydrogens (primary N) is 1. The highest BCUT2D eigenvalue weighted by Crippen LogP contribution is 2.32. The highest BCUT2D eigenvalue weighted by molar-refractivity contribution is 9.10. The second-order valence-electron chi connectivity index (χ2n) is 3.11. The van der Waals surface area contributed by atoms with Crippen molar-refractivity contribution in [1.29, 1.82) is 0 Å². The van der Waals surface area contributed by atoms with Crippen molar-refractivity contribution in [2.45, 2.75) is 13.0 Å². The summed E-state index contributed by atoms with van der Waals surface area (Å²) in [6, 6.07) is 4.24. The van der Waals surface area contributed by atoms with Gasteiger partial charge in [-0.3, -0.25) is 0 Å². The molecule has 14 heavy (non-hydrogen) atoms. The second-order valence-corrected chi connectivity index (χ2v) is 5.92. The number of aryl methyl sites for hydroxylation is 1. The zero-order chi connectivity index (χ0) is 10.1. The molecule has 1 unspecified atom stereocenters. The van der Waals surface area contributed by atoms with Gasteiger partial charge in [0.2, 0.25) is 0 Å². The Labute approximate surface area is 99.7 Å². The van der Waals surface area contributed by atoms with Crippen LogP contribution >= 0.6 is 38.6 Å². The van der Waals surface area contributed by atoms with Crippen molar-refractivity contribution in [3.8, 4) is 0 Å². The van der Waals surface area contributed by atoms with E-state index in [1.807, 2.05) is 0 Å². The van der Waals surface area contributed by atoms with Crippen molar-refractivity contribution in [3.63, 3.8) is 0 Å². The van der Waals surface area contributed by atoms with Crippen LogP contribution in [0.5, 0.6) is 0 Å². The van der Waals surface area contributed by atoms with E-state index < -0.39 is 0 Å². The van der Waals surface area contributed by atoms with Crippen LogP contribution in [0.3, 0.4) is 0 Å². The van der Waals surface area contributed by atoms with E-state index >= 15 is 0 Å². The van der Waals surface area contributed by atoms with Crippen molar-refractivity contribution in [3.05, 3.63) is 42.7 Å². The Morgan fingerprint density at radius 1 is 1.43 bits per heavy atom. The Hall–Kier alpha value is -0.160. The van der Waals surface area contributed by atoms with Crippen LogP contribution in [0.15, 0.2) is 27.4 Å². The molecule has 0 saturated carbocycles. The third-order valence-corrected chi connectivity index (χ3v) is 4.96. The fourth-order valence-corrected chi connectivity index (χ4v) is 3.80. The van der Waals surface area contributed by atoms with E-state index in [9.17, 15) is 0 Å². The molecule has 0 saturated heterocycles. The average Bonchev–Trinajstić information content (AvgIpc) is 2.73. The summed E-state index contributed by atoms with van der Waals surface area (Å²) in [5.74, 6) is 0. The van der Waals surface area contributed by atoms with Crippen molar-refractivity contribution >= 4 is 38.6 Å². The predicted octanol–water partition coefficient (Wildman–Crippen LogP) is 3.93. The Balaban J connectivity index is 2.33. The molecule has 4 heteroatoms. The molecule has 2 heterocycles. The van der Waals surface area contributed by atoms with Crippen molar-refractivity contribution in [1.82, 2.24) is 0 Å². The van der Waals surface area contributed by atoms with E-state index in [0.717, 1.165) is 4.47 Å². The molecule has 0 amide bonds. The van der Waals surface area contributed by atoms with Gasteiger partial charge in [0.05, 0.1) is 6.04 Å². The Morgan fingerprint density at radius 2 is 2.21 bits per heavy atom. The zero-order valence-corrected chi connectivity index (χ0v) is 10.9. The van der Waals surface area contributed by atoms with Gasteiger partial charge >= 0.3 is 0 Å². The average molecular weight is 288 g/mol. The Bertz CT molecular complexity index is 433. The van der Waals surface area contributed by atoms with Crippen LogP contribution in [-0.2, 0) is 0 Å². The summed E-state index contributed by atoms with van der Waals surface area (Å²) in [6.07, 6.45) is 0. The van der Waals surface area contributed by atoms with Gasteiger partial charge < -0.3 is 5.73 Å². The Kier molecular flexibility index (Phi) is 3.07. The van der Waals surface area contributed by atoms with E-state index in [0.29, 0.717) is 0 Å². The zero-order valence-electron chi connectivity index (χ0n) is 7.66. The third-order valence-electron chi connectivity index (χ3n) is 2.08. The van der Waals surface area contributed by atoms with Gasteiger partial charge in [-0.2, -0.15) is 0 Å². The Morgan fingerprint density at radius 3 is 2.71 bits per heavy atom. The molecule has 1 nitrogen and oxygen atoms in total.